The minimum absolute atomic E-state index is 0.0601. The number of aromatic nitrogens is 3. The van der Waals surface area contributed by atoms with Crippen molar-refractivity contribution in [2.45, 2.75) is 57.6 Å². The minimum Gasteiger partial charge on any atom is -0.480 e. The number of methoxy groups -OCH3 is 1. The first-order valence-corrected chi connectivity index (χ1v) is 13.9. The first-order valence-electron chi connectivity index (χ1n) is 13.9. The Morgan fingerprint density at radius 1 is 1.13 bits per heavy atom. The van der Waals surface area contributed by atoms with E-state index in [0.29, 0.717) is 24.6 Å². The molecule has 3 aromatic rings. The number of hydrogen-bond donors (Lipinski definition) is 3. The topological polar surface area (TPSA) is 113 Å². The lowest BCUT2D eigenvalue weighted by Gasteiger charge is -2.27. The Morgan fingerprint density at radius 3 is 2.77 bits per heavy atom. The SMILES string of the molecule is CO[C@H](C)CN(CCCCc1ccc2c(n1)NCCC2)CCC(Nc1ccnc(-c2ccccc2)n1)C(=O)O. The molecule has 0 fully saturated rings. The fourth-order valence-corrected chi connectivity index (χ4v) is 4.80. The molecule has 0 saturated carbocycles. The van der Waals surface area contributed by atoms with Gasteiger partial charge in [-0.3, -0.25) is 0 Å². The number of benzene rings is 1. The lowest BCUT2D eigenvalue weighted by atomic mass is 10.1. The number of pyridine rings is 1. The maximum absolute atomic E-state index is 12.1. The van der Waals surface area contributed by atoms with E-state index in [1.54, 1.807) is 19.4 Å². The fraction of sp³-hybridized carbons (Fsp3) is 0.467. The van der Waals surface area contributed by atoms with Crippen LogP contribution in [-0.2, 0) is 22.4 Å². The monoisotopic (exact) mass is 532 g/mol. The van der Waals surface area contributed by atoms with Gasteiger partial charge in [-0.2, -0.15) is 0 Å². The highest BCUT2D eigenvalue weighted by molar-refractivity contribution is 5.77. The Morgan fingerprint density at radius 2 is 1.97 bits per heavy atom. The van der Waals surface area contributed by atoms with Gasteiger partial charge in [-0.1, -0.05) is 36.4 Å². The van der Waals surface area contributed by atoms with Crippen molar-refractivity contribution in [3.8, 4) is 11.4 Å². The number of rotatable bonds is 15. The molecule has 3 N–H and O–H groups in total. The molecule has 9 heteroatoms. The van der Waals surface area contributed by atoms with Crippen molar-refractivity contribution in [2.24, 2.45) is 0 Å². The smallest absolute Gasteiger partial charge is 0.326 e. The number of ether oxygens (including phenoxy) is 1. The highest BCUT2D eigenvalue weighted by Crippen LogP contribution is 2.21. The van der Waals surface area contributed by atoms with Crippen LogP contribution >= 0.6 is 0 Å². The second-order valence-corrected chi connectivity index (χ2v) is 10.1. The minimum atomic E-state index is -0.901. The number of carbonyl (C=O) groups is 1. The van der Waals surface area contributed by atoms with Gasteiger partial charge >= 0.3 is 5.97 Å². The van der Waals surface area contributed by atoms with Gasteiger partial charge in [0.2, 0.25) is 0 Å². The zero-order chi connectivity index (χ0) is 27.5. The van der Waals surface area contributed by atoms with Crippen molar-refractivity contribution in [3.05, 3.63) is 66.0 Å². The van der Waals surface area contributed by atoms with Crippen molar-refractivity contribution in [2.75, 3.05) is 43.9 Å². The second-order valence-electron chi connectivity index (χ2n) is 10.1. The highest BCUT2D eigenvalue weighted by atomic mass is 16.5. The molecule has 0 bridgehead atoms. The summed E-state index contributed by atoms with van der Waals surface area (Å²) in [5.41, 5.74) is 3.31. The number of aliphatic carboxylic acids is 1. The van der Waals surface area contributed by atoms with Crippen LogP contribution in [0.2, 0.25) is 0 Å². The summed E-state index contributed by atoms with van der Waals surface area (Å²) in [7, 11) is 1.71. The first-order chi connectivity index (χ1) is 19.0. The molecule has 1 unspecified atom stereocenters. The summed E-state index contributed by atoms with van der Waals surface area (Å²) in [5, 5.41) is 16.4. The molecule has 9 nitrogen and oxygen atoms in total. The van der Waals surface area contributed by atoms with Crippen LogP contribution in [-0.4, -0.2) is 76.4 Å². The van der Waals surface area contributed by atoms with Gasteiger partial charge in [0.1, 0.15) is 17.7 Å². The number of anilines is 2. The number of carboxylic acids is 1. The van der Waals surface area contributed by atoms with Gasteiger partial charge in [0.05, 0.1) is 6.10 Å². The lowest BCUT2D eigenvalue weighted by molar-refractivity contribution is -0.138. The Labute approximate surface area is 231 Å². The van der Waals surface area contributed by atoms with Crippen molar-refractivity contribution < 1.29 is 14.6 Å². The molecule has 0 aliphatic carbocycles. The lowest BCUT2D eigenvalue weighted by Crippen LogP contribution is -2.38. The number of fused-ring (bicyclic) bond motifs is 1. The predicted octanol–water partition coefficient (Wildman–Crippen LogP) is 4.51. The van der Waals surface area contributed by atoms with Crippen LogP contribution in [0, 0.1) is 0 Å². The van der Waals surface area contributed by atoms with E-state index in [9.17, 15) is 9.90 Å². The maximum Gasteiger partial charge on any atom is 0.326 e. The van der Waals surface area contributed by atoms with E-state index in [-0.39, 0.29) is 6.10 Å². The van der Waals surface area contributed by atoms with Crippen LogP contribution in [0.15, 0.2) is 54.7 Å². The molecule has 0 spiro atoms. The van der Waals surface area contributed by atoms with Gasteiger partial charge in [-0.05, 0) is 69.7 Å². The molecule has 39 heavy (non-hydrogen) atoms. The highest BCUT2D eigenvalue weighted by Gasteiger charge is 2.20. The first kappa shape index (κ1) is 28.4. The Bertz CT molecular complexity index is 1190. The van der Waals surface area contributed by atoms with Crippen LogP contribution in [0.5, 0.6) is 0 Å². The third-order valence-electron chi connectivity index (χ3n) is 7.07. The molecule has 1 aliphatic heterocycles. The van der Waals surface area contributed by atoms with Gasteiger partial charge in [0.15, 0.2) is 5.82 Å². The molecule has 3 heterocycles. The number of aryl methyl sites for hydroxylation is 2. The molecule has 2 aromatic heterocycles. The third-order valence-corrected chi connectivity index (χ3v) is 7.07. The van der Waals surface area contributed by atoms with Gasteiger partial charge in [-0.15, -0.1) is 0 Å². The number of unbranched alkanes of at least 4 members (excludes halogenated alkanes) is 1. The normalized spacial score (nSPS) is 14.3. The Balaban J connectivity index is 1.30. The molecule has 208 valence electrons. The standard InChI is InChI=1S/C30H40N6O3/c1-22(39-2)21-36(19-7-6-12-25-14-13-24-11-8-17-31-28(24)33-25)20-16-26(30(37)38)34-27-15-18-32-29(35-27)23-9-4-3-5-10-23/h3-5,9-10,13-15,18,22,26H,6-8,11-12,16-17,19-21H2,1-2H3,(H,31,33)(H,37,38)(H,32,34,35)/t22-,26?/m1/s1. The average molecular weight is 533 g/mol. The quantitative estimate of drug-likeness (QED) is 0.243. The van der Waals surface area contributed by atoms with Crippen LogP contribution in [0.3, 0.4) is 0 Å². The van der Waals surface area contributed by atoms with Gasteiger partial charge in [0.25, 0.3) is 0 Å². The Kier molecular flexibility index (Phi) is 10.6. The van der Waals surface area contributed by atoms with Crippen LogP contribution in [0.4, 0.5) is 11.6 Å². The third kappa shape index (κ3) is 8.73. The summed E-state index contributed by atoms with van der Waals surface area (Å²) in [5.74, 6) is 1.20. The van der Waals surface area contributed by atoms with Gasteiger partial charge in [-0.25, -0.2) is 19.7 Å². The van der Waals surface area contributed by atoms with Crippen molar-refractivity contribution in [1.82, 2.24) is 19.9 Å². The van der Waals surface area contributed by atoms with Crippen LogP contribution in [0.1, 0.15) is 43.9 Å². The molecule has 0 saturated heterocycles. The maximum atomic E-state index is 12.1. The molecule has 4 rings (SSSR count). The van der Waals surface area contributed by atoms with E-state index in [1.165, 1.54) is 5.56 Å². The molecule has 1 aliphatic rings. The predicted molar refractivity (Wildman–Crippen MR) is 154 cm³/mol. The molecule has 2 atom stereocenters. The summed E-state index contributed by atoms with van der Waals surface area (Å²) >= 11 is 0. The summed E-state index contributed by atoms with van der Waals surface area (Å²) in [6.45, 7) is 5.28. The largest absolute Gasteiger partial charge is 0.480 e. The zero-order valence-corrected chi connectivity index (χ0v) is 23.0. The number of nitrogens with one attached hydrogen (secondary N) is 2. The second kappa shape index (κ2) is 14.6. The molecule has 1 aromatic carbocycles. The molecular formula is C30H40N6O3. The van der Waals surface area contributed by atoms with E-state index in [2.05, 4.69) is 37.6 Å². The van der Waals surface area contributed by atoms with E-state index >= 15 is 0 Å². The van der Waals surface area contributed by atoms with E-state index in [0.717, 1.165) is 68.8 Å². The van der Waals surface area contributed by atoms with Crippen LogP contribution in [0.25, 0.3) is 11.4 Å². The molecule has 0 radical (unpaired) electrons. The van der Waals surface area contributed by atoms with E-state index in [4.69, 9.17) is 9.72 Å². The van der Waals surface area contributed by atoms with E-state index < -0.39 is 12.0 Å². The zero-order valence-electron chi connectivity index (χ0n) is 23.0. The number of carboxylic acid groups (broad SMARTS) is 1. The Hall–Kier alpha value is -3.56. The summed E-state index contributed by atoms with van der Waals surface area (Å²) in [6.07, 6.45) is 7.36. The van der Waals surface area contributed by atoms with Crippen molar-refractivity contribution >= 4 is 17.6 Å². The number of nitrogens with zero attached hydrogens (tertiary/aromatic N) is 4. The number of hydrogen-bond acceptors (Lipinski definition) is 8. The van der Waals surface area contributed by atoms with Gasteiger partial charge in [0, 0.05) is 44.2 Å². The van der Waals surface area contributed by atoms with Crippen LogP contribution < -0.4 is 10.6 Å². The average Bonchev–Trinajstić information content (AvgIpc) is 2.97. The fourth-order valence-electron chi connectivity index (χ4n) is 4.80. The molecule has 0 amide bonds. The summed E-state index contributed by atoms with van der Waals surface area (Å²) < 4.78 is 5.51. The van der Waals surface area contributed by atoms with Crippen molar-refractivity contribution in [3.63, 3.8) is 0 Å². The molecular weight excluding hydrogens is 492 g/mol. The van der Waals surface area contributed by atoms with Crippen molar-refractivity contribution in [1.29, 1.82) is 0 Å². The summed E-state index contributed by atoms with van der Waals surface area (Å²) in [6, 6.07) is 14.9. The van der Waals surface area contributed by atoms with Gasteiger partial charge < -0.3 is 25.4 Å². The van der Waals surface area contributed by atoms with E-state index in [1.807, 2.05) is 37.3 Å². The summed E-state index contributed by atoms with van der Waals surface area (Å²) in [4.78, 5) is 28.1.